The highest BCUT2D eigenvalue weighted by Gasteiger charge is 2.18. The van der Waals surface area contributed by atoms with Gasteiger partial charge in [-0.3, -0.25) is 4.79 Å². The maximum atomic E-state index is 12.4. The van der Waals surface area contributed by atoms with Crippen molar-refractivity contribution in [3.05, 3.63) is 70.7 Å². The van der Waals surface area contributed by atoms with E-state index in [0.717, 1.165) is 22.5 Å². The predicted molar refractivity (Wildman–Crippen MR) is 101 cm³/mol. The van der Waals surface area contributed by atoms with E-state index in [0.29, 0.717) is 10.1 Å². The molecule has 1 amide bonds. The summed E-state index contributed by atoms with van der Waals surface area (Å²) in [4.78, 5) is 12.3. The van der Waals surface area contributed by atoms with Gasteiger partial charge in [-0.05, 0) is 24.6 Å². The zero-order valence-electron chi connectivity index (χ0n) is 14.0. The molecule has 1 N–H and O–H groups in total. The first-order valence-corrected chi connectivity index (χ1v) is 10.3. The quantitative estimate of drug-likeness (QED) is 0.702. The van der Waals surface area contributed by atoms with Gasteiger partial charge in [-0.1, -0.05) is 59.4 Å². The topological polar surface area (TPSA) is 89.0 Å². The fourth-order valence-electron chi connectivity index (χ4n) is 2.29. The maximum Gasteiger partial charge on any atom is 0.230 e. The van der Waals surface area contributed by atoms with Crippen molar-refractivity contribution in [2.45, 2.75) is 24.0 Å². The molecule has 0 saturated carbocycles. The van der Waals surface area contributed by atoms with Gasteiger partial charge in [0.05, 0.1) is 11.3 Å². The normalized spacial score (nSPS) is 11.3. The summed E-state index contributed by atoms with van der Waals surface area (Å²) in [6, 6.07) is 15.9. The molecule has 0 spiro atoms. The van der Waals surface area contributed by atoms with Crippen LogP contribution in [-0.4, -0.2) is 24.5 Å². The maximum absolute atomic E-state index is 12.4. The van der Waals surface area contributed by atoms with Crippen LogP contribution in [-0.2, 0) is 26.8 Å². The fraction of sp³-hybridized carbons (Fsp3) is 0.167. The first-order chi connectivity index (χ1) is 12.4. The lowest BCUT2D eigenvalue weighted by atomic mass is 10.1. The number of anilines is 1. The van der Waals surface area contributed by atoms with Gasteiger partial charge >= 0.3 is 0 Å². The molecule has 0 radical (unpaired) electrons. The zero-order valence-corrected chi connectivity index (χ0v) is 15.7. The van der Waals surface area contributed by atoms with Gasteiger partial charge in [0.2, 0.25) is 11.0 Å². The van der Waals surface area contributed by atoms with Gasteiger partial charge in [-0.25, -0.2) is 8.42 Å². The minimum absolute atomic E-state index is 0.220. The van der Waals surface area contributed by atoms with E-state index in [9.17, 15) is 13.2 Å². The molecule has 3 aromatic rings. The largest absolute Gasteiger partial charge is 0.300 e. The van der Waals surface area contributed by atoms with Crippen LogP contribution in [0.1, 0.15) is 16.1 Å². The van der Waals surface area contributed by atoms with Crippen molar-refractivity contribution < 1.29 is 13.2 Å². The van der Waals surface area contributed by atoms with Crippen LogP contribution in [0, 0.1) is 6.92 Å². The summed E-state index contributed by atoms with van der Waals surface area (Å²) in [7, 11) is -3.49. The van der Waals surface area contributed by atoms with Crippen molar-refractivity contribution in [3.63, 3.8) is 0 Å². The standard InChI is InChI=1S/C18H17N3O3S2/c1-13-7-9-14(10-8-13)11-16(22)19-18-21-20-17(25-18)12-26(23,24)15-5-3-2-4-6-15/h2-10H,11-12H2,1H3,(H,19,21,22). The van der Waals surface area contributed by atoms with Crippen LogP contribution in [0.15, 0.2) is 59.5 Å². The Bertz CT molecular complexity index is 998. The lowest BCUT2D eigenvalue weighted by molar-refractivity contribution is -0.115. The van der Waals surface area contributed by atoms with Gasteiger partial charge in [0.25, 0.3) is 0 Å². The van der Waals surface area contributed by atoms with Gasteiger partial charge in [-0.15, -0.1) is 10.2 Å². The Morgan fingerprint density at radius 3 is 2.42 bits per heavy atom. The van der Waals surface area contributed by atoms with Crippen molar-refractivity contribution >= 4 is 32.2 Å². The molecular formula is C18H17N3O3S2. The van der Waals surface area contributed by atoms with E-state index in [1.54, 1.807) is 30.3 Å². The molecule has 134 valence electrons. The number of benzene rings is 2. The van der Waals surface area contributed by atoms with Crippen molar-refractivity contribution in [1.29, 1.82) is 0 Å². The van der Waals surface area contributed by atoms with E-state index in [1.165, 1.54) is 0 Å². The highest BCUT2D eigenvalue weighted by atomic mass is 32.2. The molecule has 1 aromatic heterocycles. The SMILES string of the molecule is Cc1ccc(CC(=O)Nc2nnc(CS(=O)(=O)c3ccccc3)s2)cc1. The summed E-state index contributed by atoms with van der Waals surface area (Å²) in [6.45, 7) is 1.98. The molecule has 6 nitrogen and oxygen atoms in total. The van der Waals surface area contributed by atoms with Gasteiger partial charge < -0.3 is 5.32 Å². The number of rotatable bonds is 6. The van der Waals surface area contributed by atoms with E-state index in [1.807, 2.05) is 31.2 Å². The Morgan fingerprint density at radius 1 is 1.04 bits per heavy atom. The van der Waals surface area contributed by atoms with E-state index < -0.39 is 9.84 Å². The smallest absolute Gasteiger partial charge is 0.230 e. The summed E-state index contributed by atoms with van der Waals surface area (Å²) < 4.78 is 24.7. The second-order valence-corrected chi connectivity index (χ2v) is 8.84. The highest BCUT2D eigenvalue weighted by molar-refractivity contribution is 7.90. The number of carbonyl (C=O) groups excluding carboxylic acids is 1. The molecule has 0 aliphatic rings. The molecule has 1 heterocycles. The minimum Gasteiger partial charge on any atom is -0.300 e. The van der Waals surface area contributed by atoms with E-state index in [-0.39, 0.29) is 23.0 Å². The minimum atomic E-state index is -3.49. The second-order valence-electron chi connectivity index (χ2n) is 5.78. The molecule has 0 fully saturated rings. The number of aryl methyl sites for hydroxylation is 1. The lowest BCUT2D eigenvalue weighted by Gasteiger charge is -2.02. The summed E-state index contributed by atoms with van der Waals surface area (Å²) >= 11 is 1.06. The number of sulfone groups is 1. The van der Waals surface area contributed by atoms with Gasteiger partial charge in [-0.2, -0.15) is 0 Å². The van der Waals surface area contributed by atoms with Crippen molar-refractivity contribution in [3.8, 4) is 0 Å². The summed E-state index contributed by atoms with van der Waals surface area (Å²) in [5.41, 5.74) is 2.02. The molecular weight excluding hydrogens is 370 g/mol. The molecule has 0 unspecified atom stereocenters. The number of aromatic nitrogens is 2. The van der Waals surface area contributed by atoms with E-state index in [2.05, 4.69) is 15.5 Å². The average molecular weight is 387 g/mol. The second kappa shape index (κ2) is 7.76. The lowest BCUT2D eigenvalue weighted by Crippen LogP contribution is -2.14. The Labute approximate surface area is 155 Å². The predicted octanol–water partition coefficient (Wildman–Crippen LogP) is 3.00. The Morgan fingerprint density at radius 2 is 1.73 bits per heavy atom. The van der Waals surface area contributed by atoms with Crippen LogP contribution in [0.25, 0.3) is 0 Å². The van der Waals surface area contributed by atoms with Gasteiger partial charge in [0.15, 0.2) is 9.84 Å². The third-order valence-corrected chi connectivity index (χ3v) is 6.28. The average Bonchev–Trinajstić information content (AvgIpc) is 3.03. The molecule has 0 aliphatic carbocycles. The summed E-state index contributed by atoms with van der Waals surface area (Å²) in [5, 5.41) is 11.0. The molecule has 0 saturated heterocycles. The number of nitrogens with one attached hydrogen (secondary N) is 1. The molecule has 2 aromatic carbocycles. The first kappa shape index (κ1) is 18.2. The zero-order chi connectivity index (χ0) is 18.6. The fourth-order valence-corrected chi connectivity index (χ4v) is 4.66. The number of amides is 1. The number of hydrogen-bond acceptors (Lipinski definition) is 6. The van der Waals surface area contributed by atoms with E-state index in [4.69, 9.17) is 0 Å². The molecule has 0 bridgehead atoms. The monoisotopic (exact) mass is 387 g/mol. The highest BCUT2D eigenvalue weighted by Crippen LogP contribution is 2.21. The Kier molecular flexibility index (Phi) is 5.43. The number of nitrogens with zero attached hydrogens (tertiary/aromatic N) is 2. The third kappa shape index (κ3) is 4.74. The van der Waals surface area contributed by atoms with E-state index >= 15 is 0 Å². The van der Waals surface area contributed by atoms with Crippen molar-refractivity contribution in [2.24, 2.45) is 0 Å². The van der Waals surface area contributed by atoms with Crippen LogP contribution in [0.5, 0.6) is 0 Å². The van der Waals surface area contributed by atoms with Crippen LogP contribution in [0.4, 0.5) is 5.13 Å². The molecule has 8 heteroatoms. The van der Waals surface area contributed by atoms with Crippen LogP contribution in [0.3, 0.4) is 0 Å². The Balaban J connectivity index is 1.62. The van der Waals surface area contributed by atoms with Crippen molar-refractivity contribution in [1.82, 2.24) is 10.2 Å². The van der Waals surface area contributed by atoms with Crippen LogP contribution < -0.4 is 5.32 Å². The molecule has 0 atom stereocenters. The number of carbonyl (C=O) groups is 1. The van der Waals surface area contributed by atoms with Crippen molar-refractivity contribution in [2.75, 3.05) is 5.32 Å². The van der Waals surface area contributed by atoms with Crippen LogP contribution in [0.2, 0.25) is 0 Å². The molecule has 0 aliphatic heterocycles. The first-order valence-electron chi connectivity index (χ1n) is 7.88. The number of hydrogen-bond donors (Lipinski definition) is 1. The molecule has 3 rings (SSSR count). The van der Waals surface area contributed by atoms with Crippen LogP contribution >= 0.6 is 11.3 Å². The summed E-state index contributed by atoms with van der Waals surface area (Å²) in [6.07, 6.45) is 0.220. The molecule has 26 heavy (non-hydrogen) atoms. The summed E-state index contributed by atoms with van der Waals surface area (Å²) in [5.74, 6) is -0.467. The Hall–Kier alpha value is -2.58. The third-order valence-electron chi connectivity index (χ3n) is 3.61. The van der Waals surface area contributed by atoms with Gasteiger partial charge in [0.1, 0.15) is 10.8 Å². The van der Waals surface area contributed by atoms with Gasteiger partial charge in [0, 0.05) is 0 Å².